The van der Waals surface area contributed by atoms with Crippen molar-refractivity contribution in [3.05, 3.63) is 63.3 Å². The summed E-state index contributed by atoms with van der Waals surface area (Å²) in [5.74, 6) is 1.43. The molecule has 0 spiro atoms. The van der Waals surface area contributed by atoms with Crippen molar-refractivity contribution in [3.63, 3.8) is 0 Å². The van der Waals surface area contributed by atoms with Gasteiger partial charge in [-0.05, 0) is 58.6 Å². The summed E-state index contributed by atoms with van der Waals surface area (Å²) in [6.07, 6.45) is 5.12. The van der Waals surface area contributed by atoms with Gasteiger partial charge in [0.25, 0.3) is 0 Å². The van der Waals surface area contributed by atoms with Gasteiger partial charge in [0.2, 0.25) is 6.79 Å². The summed E-state index contributed by atoms with van der Waals surface area (Å²) in [6.45, 7) is 0.977. The van der Waals surface area contributed by atoms with Crippen LogP contribution >= 0.6 is 39.3 Å². The van der Waals surface area contributed by atoms with E-state index in [2.05, 4.69) is 42.6 Å². The zero-order valence-corrected chi connectivity index (χ0v) is 20.6. The molecule has 10 heteroatoms. The van der Waals surface area contributed by atoms with E-state index in [9.17, 15) is 0 Å². The summed E-state index contributed by atoms with van der Waals surface area (Å²) in [7, 11) is 0. The number of nitrogens with one attached hydrogen (secondary N) is 2. The second-order valence-electron chi connectivity index (χ2n) is 8.34. The van der Waals surface area contributed by atoms with Crippen LogP contribution in [0, 0.1) is 5.41 Å². The maximum Gasteiger partial charge on any atom is 0.231 e. The Morgan fingerprint density at radius 2 is 1.94 bits per heavy atom. The second-order valence-corrected chi connectivity index (χ2v) is 10.7. The van der Waals surface area contributed by atoms with Crippen LogP contribution in [0.3, 0.4) is 0 Å². The van der Waals surface area contributed by atoms with Crippen LogP contribution in [0.15, 0.2) is 57.3 Å². The van der Waals surface area contributed by atoms with Crippen molar-refractivity contribution >= 4 is 50.5 Å². The van der Waals surface area contributed by atoms with Gasteiger partial charge in [-0.1, -0.05) is 41.9 Å². The number of hydrogen-bond acceptors (Lipinski definition) is 6. The van der Waals surface area contributed by atoms with Crippen LogP contribution in [0.1, 0.15) is 24.8 Å². The zero-order valence-electron chi connectivity index (χ0n) is 17.4. The van der Waals surface area contributed by atoms with Gasteiger partial charge in [0.1, 0.15) is 5.52 Å². The van der Waals surface area contributed by atoms with E-state index in [-0.39, 0.29) is 17.7 Å². The molecule has 2 N–H and O–H groups in total. The molecule has 0 atom stereocenters. The number of halogens is 2. The molecule has 1 fully saturated rings. The highest BCUT2D eigenvalue weighted by Crippen LogP contribution is 2.46. The minimum atomic E-state index is 0.0278. The Bertz CT molecular complexity index is 1430. The SMILES string of the molecule is N=c1ncn(CC2(c3ccc(Cl)cc3)CCC2)c2nc(Sc3cc4c(cc3Br)OCO4)[nH]c12. The van der Waals surface area contributed by atoms with Gasteiger partial charge >= 0.3 is 0 Å². The van der Waals surface area contributed by atoms with Crippen LogP contribution in [-0.4, -0.2) is 26.3 Å². The van der Waals surface area contributed by atoms with Crippen LogP contribution in [0.2, 0.25) is 5.02 Å². The summed E-state index contributed by atoms with van der Waals surface area (Å²) in [5.41, 5.74) is 2.85. The molecule has 168 valence electrons. The number of ether oxygens (including phenoxy) is 2. The number of aromatic nitrogens is 4. The van der Waals surface area contributed by atoms with Crippen LogP contribution in [-0.2, 0) is 12.0 Å². The van der Waals surface area contributed by atoms with E-state index in [4.69, 9.17) is 31.5 Å². The van der Waals surface area contributed by atoms with Crippen LogP contribution < -0.4 is 15.0 Å². The Balaban J connectivity index is 1.36. The molecule has 2 aromatic carbocycles. The molecule has 0 bridgehead atoms. The first-order chi connectivity index (χ1) is 16.0. The predicted octanol–water partition coefficient (Wildman–Crippen LogP) is 5.66. The lowest BCUT2D eigenvalue weighted by Gasteiger charge is -2.43. The van der Waals surface area contributed by atoms with Gasteiger partial charge in [-0.3, -0.25) is 5.41 Å². The number of nitrogens with zero attached hydrogens (tertiary/aromatic N) is 3. The highest BCUT2D eigenvalue weighted by Gasteiger charge is 2.39. The maximum absolute atomic E-state index is 8.31. The van der Waals surface area contributed by atoms with E-state index in [1.54, 1.807) is 6.33 Å². The lowest BCUT2D eigenvalue weighted by atomic mass is 9.64. The number of rotatable bonds is 5. The number of benzene rings is 2. The highest BCUT2D eigenvalue weighted by atomic mass is 79.9. The third-order valence-electron chi connectivity index (χ3n) is 6.37. The van der Waals surface area contributed by atoms with E-state index < -0.39 is 0 Å². The van der Waals surface area contributed by atoms with Gasteiger partial charge in [0, 0.05) is 26.4 Å². The molecule has 33 heavy (non-hydrogen) atoms. The van der Waals surface area contributed by atoms with Crippen molar-refractivity contribution in [1.82, 2.24) is 19.5 Å². The van der Waals surface area contributed by atoms with Gasteiger partial charge in [-0.25, -0.2) is 9.97 Å². The smallest absolute Gasteiger partial charge is 0.231 e. The van der Waals surface area contributed by atoms with Crippen molar-refractivity contribution in [1.29, 1.82) is 5.41 Å². The number of aromatic amines is 1. The quantitative estimate of drug-likeness (QED) is 0.339. The molecular formula is C23H19BrClN5O2S. The second kappa shape index (κ2) is 8.07. The van der Waals surface area contributed by atoms with Crippen molar-refractivity contribution in [2.75, 3.05) is 6.79 Å². The Morgan fingerprint density at radius 3 is 2.67 bits per heavy atom. The molecule has 0 amide bonds. The molecule has 2 aromatic heterocycles. The molecule has 1 aliphatic heterocycles. The Kier molecular flexibility index (Phi) is 5.15. The first kappa shape index (κ1) is 21.1. The molecule has 3 heterocycles. The van der Waals surface area contributed by atoms with E-state index >= 15 is 0 Å². The van der Waals surface area contributed by atoms with Crippen molar-refractivity contribution in [3.8, 4) is 11.5 Å². The summed E-state index contributed by atoms with van der Waals surface area (Å²) in [6, 6.07) is 12.0. The van der Waals surface area contributed by atoms with Crippen LogP contribution in [0.4, 0.5) is 0 Å². The number of H-pyrrole nitrogens is 1. The van der Waals surface area contributed by atoms with Gasteiger partial charge in [-0.15, -0.1) is 0 Å². The molecule has 6 rings (SSSR count). The van der Waals surface area contributed by atoms with Crippen LogP contribution in [0.5, 0.6) is 11.5 Å². The lowest BCUT2D eigenvalue weighted by molar-refractivity contribution is 0.174. The Hall–Kier alpha value is -2.49. The van der Waals surface area contributed by atoms with Gasteiger partial charge < -0.3 is 19.0 Å². The highest BCUT2D eigenvalue weighted by molar-refractivity contribution is 9.10. The Morgan fingerprint density at radius 1 is 1.18 bits per heavy atom. The van der Waals surface area contributed by atoms with E-state index in [0.29, 0.717) is 16.4 Å². The van der Waals surface area contributed by atoms with E-state index in [1.165, 1.54) is 23.7 Å². The summed E-state index contributed by atoms with van der Waals surface area (Å²) >= 11 is 11.2. The van der Waals surface area contributed by atoms with Gasteiger partial charge in [-0.2, -0.15) is 0 Å². The first-order valence-electron chi connectivity index (χ1n) is 10.5. The fraction of sp³-hybridized carbons (Fsp3) is 0.261. The molecule has 0 saturated heterocycles. The minimum Gasteiger partial charge on any atom is -0.454 e. The summed E-state index contributed by atoms with van der Waals surface area (Å²) in [5, 5.41) is 9.74. The fourth-order valence-corrected chi connectivity index (χ4v) is 5.99. The predicted molar refractivity (Wildman–Crippen MR) is 129 cm³/mol. The summed E-state index contributed by atoms with van der Waals surface area (Å²) in [4.78, 5) is 13.4. The Labute approximate surface area is 207 Å². The van der Waals surface area contributed by atoms with Crippen molar-refractivity contribution in [2.45, 2.75) is 41.3 Å². The third kappa shape index (κ3) is 3.72. The molecule has 1 saturated carbocycles. The normalized spacial score (nSPS) is 16.2. The number of imidazole rings is 1. The monoisotopic (exact) mass is 543 g/mol. The van der Waals surface area contributed by atoms with Crippen molar-refractivity contribution in [2.24, 2.45) is 0 Å². The molecule has 7 nitrogen and oxygen atoms in total. The standard InChI is InChI=1S/C23H19BrClN5O2S/c24-15-8-16-17(32-12-31-16)9-18(15)33-22-28-19-20(26)27-11-30(21(19)29-22)10-23(6-1-7-23)13-2-4-14(25)5-3-13/h2-5,8-9,11,26H,1,6-7,10,12H2,(H,28,29). The van der Waals surface area contributed by atoms with Gasteiger partial charge in [0.15, 0.2) is 27.8 Å². The number of hydrogen-bond donors (Lipinski definition) is 2. The van der Waals surface area contributed by atoms with Crippen LogP contribution in [0.25, 0.3) is 11.2 Å². The molecule has 0 radical (unpaired) electrons. The lowest BCUT2D eigenvalue weighted by Crippen LogP contribution is -2.39. The molecular weight excluding hydrogens is 526 g/mol. The molecule has 1 aliphatic carbocycles. The molecule has 2 aliphatic rings. The average Bonchev–Trinajstić information content (AvgIpc) is 3.40. The minimum absolute atomic E-state index is 0.0278. The molecule has 0 unspecified atom stereocenters. The van der Waals surface area contributed by atoms with E-state index in [1.807, 2.05) is 24.3 Å². The largest absolute Gasteiger partial charge is 0.454 e. The topological polar surface area (TPSA) is 88.8 Å². The number of fused-ring (bicyclic) bond motifs is 2. The van der Waals surface area contributed by atoms with Gasteiger partial charge in [0.05, 0.1) is 6.33 Å². The molecule has 4 aromatic rings. The first-order valence-corrected chi connectivity index (χ1v) is 12.5. The average molecular weight is 545 g/mol. The van der Waals surface area contributed by atoms with Crippen molar-refractivity contribution < 1.29 is 9.47 Å². The maximum atomic E-state index is 8.31. The van der Waals surface area contributed by atoms with E-state index in [0.717, 1.165) is 45.2 Å². The third-order valence-corrected chi connectivity index (χ3v) is 8.49. The summed E-state index contributed by atoms with van der Waals surface area (Å²) < 4.78 is 13.9. The zero-order chi connectivity index (χ0) is 22.6. The fourth-order valence-electron chi connectivity index (χ4n) is 4.48.